The second kappa shape index (κ2) is 10.7. The van der Waals surface area contributed by atoms with E-state index in [0.29, 0.717) is 47.7 Å². The molecule has 1 unspecified atom stereocenters. The first-order valence-corrected chi connectivity index (χ1v) is 13.7. The number of thiazole rings is 1. The van der Waals surface area contributed by atoms with Crippen LogP contribution in [0.2, 0.25) is 0 Å². The summed E-state index contributed by atoms with van der Waals surface area (Å²) in [5, 5.41) is 4.67. The number of amides is 1. The maximum Gasteiger partial charge on any atom is 0.334 e. The summed E-state index contributed by atoms with van der Waals surface area (Å²) in [5.41, 5.74) is 0.344. The van der Waals surface area contributed by atoms with Crippen LogP contribution in [0, 0.1) is 0 Å². The second-order valence-electron chi connectivity index (χ2n) is 8.33. The van der Waals surface area contributed by atoms with E-state index in [1.807, 2.05) is 0 Å². The van der Waals surface area contributed by atoms with Gasteiger partial charge in [-0.3, -0.25) is 14.7 Å². The zero-order chi connectivity index (χ0) is 24.2. The highest BCUT2D eigenvalue weighted by Crippen LogP contribution is 2.46. The molecule has 4 rings (SSSR count). The molecule has 0 bridgehead atoms. The fourth-order valence-electron chi connectivity index (χ4n) is 3.61. The molecule has 0 spiro atoms. The molecule has 1 aromatic carbocycles. The summed E-state index contributed by atoms with van der Waals surface area (Å²) in [6, 6.07) is 5.09. The average Bonchev–Trinajstić information content (AvgIpc) is 3.12. The first-order valence-electron chi connectivity index (χ1n) is 11.1. The van der Waals surface area contributed by atoms with Crippen molar-refractivity contribution in [3.8, 4) is 11.5 Å². The van der Waals surface area contributed by atoms with Crippen molar-refractivity contribution < 1.29 is 37.7 Å². The molecule has 2 atom stereocenters. The molecule has 10 nitrogen and oxygen atoms in total. The minimum absolute atomic E-state index is 0.0824. The normalized spacial score (nSPS) is 20.5. The van der Waals surface area contributed by atoms with Crippen molar-refractivity contribution in [1.29, 1.82) is 0 Å². The number of ether oxygens (including phenoxy) is 4. The van der Waals surface area contributed by atoms with E-state index in [1.165, 1.54) is 11.3 Å². The van der Waals surface area contributed by atoms with Gasteiger partial charge >= 0.3 is 7.60 Å². The van der Waals surface area contributed by atoms with Gasteiger partial charge in [0.2, 0.25) is 0 Å². The third-order valence-electron chi connectivity index (χ3n) is 5.35. The summed E-state index contributed by atoms with van der Waals surface area (Å²) >= 11 is 1.17. The van der Waals surface area contributed by atoms with Crippen LogP contribution < -0.4 is 14.8 Å². The van der Waals surface area contributed by atoms with Gasteiger partial charge in [-0.05, 0) is 31.9 Å². The van der Waals surface area contributed by atoms with Crippen LogP contribution in [-0.2, 0) is 24.7 Å². The Morgan fingerprint density at radius 3 is 2.82 bits per heavy atom. The molecule has 1 aliphatic carbocycles. The molecule has 1 saturated carbocycles. The van der Waals surface area contributed by atoms with E-state index in [1.54, 1.807) is 37.6 Å². The third-order valence-corrected chi connectivity index (χ3v) is 7.54. The lowest BCUT2D eigenvalue weighted by Crippen LogP contribution is -2.24. The monoisotopic (exact) mass is 512 g/mol. The lowest BCUT2D eigenvalue weighted by molar-refractivity contribution is 0.0634. The van der Waals surface area contributed by atoms with Crippen molar-refractivity contribution in [1.82, 2.24) is 4.98 Å². The maximum atomic E-state index is 13.0. The molecule has 2 N–H and O–H groups in total. The van der Waals surface area contributed by atoms with Crippen molar-refractivity contribution in [2.75, 3.05) is 38.9 Å². The van der Waals surface area contributed by atoms with Crippen LogP contribution in [-0.4, -0.2) is 61.0 Å². The van der Waals surface area contributed by atoms with Crippen molar-refractivity contribution in [2.24, 2.45) is 0 Å². The smallest absolute Gasteiger partial charge is 0.334 e. The van der Waals surface area contributed by atoms with Crippen LogP contribution in [0.15, 0.2) is 23.6 Å². The van der Waals surface area contributed by atoms with Crippen LogP contribution in [0.4, 0.5) is 5.13 Å². The van der Waals surface area contributed by atoms with Crippen LogP contribution in [0.25, 0.3) is 0 Å². The minimum Gasteiger partial charge on any atom is -0.488 e. The first kappa shape index (κ1) is 25.1. The lowest BCUT2D eigenvalue weighted by Gasteiger charge is -2.19. The van der Waals surface area contributed by atoms with Gasteiger partial charge in [0.1, 0.15) is 23.2 Å². The Hall–Kier alpha value is -2.01. The number of anilines is 1. The first-order chi connectivity index (χ1) is 16.3. The molecule has 0 radical (unpaired) electrons. The summed E-state index contributed by atoms with van der Waals surface area (Å²) in [4.78, 5) is 27.1. The predicted molar refractivity (Wildman–Crippen MR) is 126 cm³/mol. The fourth-order valence-corrected chi connectivity index (χ4v) is 5.51. The van der Waals surface area contributed by atoms with E-state index in [4.69, 9.17) is 23.5 Å². The van der Waals surface area contributed by atoms with Gasteiger partial charge in [-0.2, -0.15) is 0 Å². The number of carbonyl (C=O) groups excluding carboxylic acids is 1. The number of nitrogens with one attached hydrogen (secondary N) is 1. The zero-order valence-electron chi connectivity index (χ0n) is 19.2. The quantitative estimate of drug-likeness (QED) is 0.408. The lowest BCUT2D eigenvalue weighted by atomic mass is 10.1. The SMILES string of the molecule is CCOP(=O)(O)Cc1csc(NC(=O)c2cc(O[C@@H]3CCOC3)cc(OC3(COC)CC3)c2)n1. The number of nitrogens with zero attached hydrogens (tertiary/aromatic N) is 1. The summed E-state index contributed by atoms with van der Waals surface area (Å²) in [5.74, 6) is 0.644. The second-order valence-corrected chi connectivity index (χ2v) is 11.0. The molecule has 12 heteroatoms. The Morgan fingerprint density at radius 1 is 1.35 bits per heavy atom. The third kappa shape index (κ3) is 6.78. The van der Waals surface area contributed by atoms with Crippen molar-refractivity contribution in [3.05, 3.63) is 34.8 Å². The van der Waals surface area contributed by atoms with Gasteiger partial charge in [0.25, 0.3) is 5.91 Å². The molecule has 186 valence electrons. The maximum absolute atomic E-state index is 13.0. The average molecular weight is 513 g/mol. The molecule has 2 aromatic rings. The summed E-state index contributed by atoms with van der Waals surface area (Å²) < 4.78 is 39.7. The number of aromatic nitrogens is 1. The summed E-state index contributed by atoms with van der Waals surface area (Å²) in [7, 11) is -2.13. The van der Waals surface area contributed by atoms with Crippen LogP contribution in [0.1, 0.15) is 42.2 Å². The van der Waals surface area contributed by atoms with Gasteiger partial charge in [0.05, 0.1) is 38.3 Å². The highest BCUT2D eigenvalue weighted by molar-refractivity contribution is 7.51. The number of hydrogen-bond acceptors (Lipinski definition) is 9. The van der Waals surface area contributed by atoms with E-state index in [0.717, 1.165) is 19.3 Å². The van der Waals surface area contributed by atoms with Crippen LogP contribution in [0.5, 0.6) is 11.5 Å². The highest BCUT2D eigenvalue weighted by Gasteiger charge is 2.45. The Bertz CT molecular complexity index is 1050. The Labute approximate surface area is 202 Å². The van der Waals surface area contributed by atoms with Crippen molar-refractivity contribution >= 4 is 30.0 Å². The molecule has 1 saturated heterocycles. The highest BCUT2D eigenvalue weighted by atomic mass is 32.1. The molecule has 2 aliphatic rings. The largest absolute Gasteiger partial charge is 0.488 e. The fraction of sp³-hybridized carbons (Fsp3) is 0.545. The van der Waals surface area contributed by atoms with Crippen LogP contribution >= 0.6 is 18.9 Å². The van der Waals surface area contributed by atoms with E-state index in [9.17, 15) is 14.3 Å². The molecular weight excluding hydrogens is 483 g/mol. The Morgan fingerprint density at radius 2 is 2.15 bits per heavy atom. The molecule has 2 fully saturated rings. The number of benzene rings is 1. The molecule has 1 aromatic heterocycles. The zero-order valence-corrected chi connectivity index (χ0v) is 20.9. The number of rotatable bonds is 12. The van der Waals surface area contributed by atoms with Gasteiger partial charge in [0.15, 0.2) is 5.13 Å². The van der Waals surface area contributed by atoms with E-state index >= 15 is 0 Å². The number of hydrogen-bond donors (Lipinski definition) is 2. The molecule has 2 heterocycles. The van der Waals surface area contributed by atoms with Gasteiger partial charge in [-0.15, -0.1) is 11.3 Å². The molecular formula is C22H29N2O8PS. The molecule has 1 amide bonds. The standard InChI is InChI=1S/C22H29N2O8PS/c1-3-30-33(26,27)12-16-13-34-21(23-16)24-20(25)15-8-18(31-17-4-7-29-11-17)10-19(9-15)32-22(5-6-22)14-28-2/h8-10,13,17H,3-7,11-12,14H2,1-2H3,(H,26,27)(H,23,24,25)/t17-/m1/s1. The summed E-state index contributed by atoms with van der Waals surface area (Å²) in [6.07, 6.45) is 2.23. The topological polar surface area (TPSA) is 125 Å². The number of methoxy groups -OCH3 is 1. The Balaban J connectivity index is 1.49. The Kier molecular flexibility index (Phi) is 7.91. The number of carbonyl (C=O) groups is 1. The summed E-state index contributed by atoms with van der Waals surface area (Å²) in [6.45, 7) is 3.38. The van der Waals surface area contributed by atoms with Crippen molar-refractivity contribution in [3.63, 3.8) is 0 Å². The minimum atomic E-state index is -3.76. The van der Waals surface area contributed by atoms with Gasteiger partial charge in [-0.25, -0.2) is 4.98 Å². The molecule has 1 aliphatic heterocycles. The van der Waals surface area contributed by atoms with Gasteiger partial charge in [-0.1, -0.05) is 0 Å². The molecule has 34 heavy (non-hydrogen) atoms. The van der Waals surface area contributed by atoms with Crippen LogP contribution in [0.3, 0.4) is 0 Å². The van der Waals surface area contributed by atoms with E-state index in [-0.39, 0.29) is 24.5 Å². The van der Waals surface area contributed by atoms with Gasteiger partial charge < -0.3 is 28.4 Å². The van der Waals surface area contributed by atoms with E-state index in [2.05, 4.69) is 10.3 Å². The van der Waals surface area contributed by atoms with Crippen molar-refractivity contribution in [2.45, 2.75) is 44.1 Å². The van der Waals surface area contributed by atoms with Gasteiger partial charge in [0, 0.05) is 30.5 Å². The van der Waals surface area contributed by atoms with E-state index < -0.39 is 13.5 Å². The predicted octanol–water partition coefficient (Wildman–Crippen LogP) is 3.84.